The van der Waals surface area contributed by atoms with Crippen molar-refractivity contribution in [2.24, 2.45) is 0 Å². The van der Waals surface area contributed by atoms with Crippen molar-refractivity contribution in [2.45, 2.75) is 0 Å². The first-order chi connectivity index (χ1) is 10.6. The molecule has 0 aliphatic rings. The van der Waals surface area contributed by atoms with Crippen LogP contribution in [0.2, 0.25) is 0 Å². The van der Waals surface area contributed by atoms with E-state index in [0.29, 0.717) is 17.0 Å². The fourth-order valence-corrected chi connectivity index (χ4v) is 1.97. The highest BCUT2D eigenvalue weighted by atomic mass is 16.3. The monoisotopic (exact) mass is 296 g/mol. The number of pyridine rings is 2. The Bertz CT molecular complexity index is 852. The van der Waals surface area contributed by atoms with Gasteiger partial charge in [0, 0.05) is 18.0 Å². The summed E-state index contributed by atoms with van der Waals surface area (Å²) in [6, 6.07) is 6.15. The van der Waals surface area contributed by atoms with Crippen LogP contribution in [0.1, 0.15) is 0 Å². The molecule has 0 saturated carbocycles. The second kappa shape index (κ2) is 5.17. The molecule has 0 fully saturated rings. The first-order valence-corrected chi connectivity index (χ1v) is 6.29. The van der Waals surface area contributed by atoms with Crippen molar-refractivity contribution in [2.75, 3.05) is 11.5 Å². The van der Waals surface area contributed by atoms with Crippen molar-refractivity contribution in [3.8, 4) is 34.1 Å². The van der Waals surface area contributed by atoms with Gasteiger partial charge in [-0.1, -0.05) is 0 Å². The average Bonchev–Trinajstić information content (AvgIpc) is 2.51. The molecule has 0 saturated heterocycles. The molecule has 3 rings (SSSR count). The van der Waals surface area contributed by atoms with E-state index >= 15 is 0 Å². The topological polar surface area (TPSA) is 144 Å². The van der Waals surface area contributed by atoms with Crippen LogP contribution in [0.5, 0.6) is 11.5 Å². The number of nitrogen functional groups attached to an aromatic ring is 2. The lowest BCUT2D eigenvalue weighted by atomic mass is 10.1. The van der Waals surface area contributed by atoms with Gasteiger partial charge in [0.05, 0.1) is 11.4 Å². The van der Waals surface area contributed by atoms with E-state index in [-0.39, 0.29) is 29.0 Å². The molecule has 0 aliphatic carbocycles. The maximum absolute atomic E-state index is 9.99. The predicted octanol–water partition coefficient (Wildman–Crippen LogP) is 1.18. The van der Waals surface area contributed by atoms with Gasteiger partial charge >= 0.3 is 0 Å². The third-order valence-electron chi connectivity index (χ3n) is 3.02. The molecule has 0 atom stereocenters. The minimum Gasteiger partial charge on any atom is -0.506 e. The Morgan fingerprint density at radius 3 is 2.36 bits per heavy atom. The Labute approximate surface area is 125 Å². The highest BCUT2D eigenvalue weighted by molar-refractivity contribution is 5.75. The van der Waals surface area contributed by atoms with Crippen LogP contribution in [0.3, 0.4) is 0 Å². The van der Waals surface area contributed by atoms with E-state index in [1.807, 2.05) is 0 Å². The van der Waals surface area contributed by atoms with E-state index in [4.69, 9.17) is 11.5 Å². The molecule has 0 spiro atoms. The Morgan fingerprint density at radius 2 is 1.59 bits per heavy atom. The highest BCUT2D eigenvalue weighted by Crippen LogP contribution is 2.34. The minimum absolute atomic E-state index is 0.000190. The van der Waals surface area contributed by atoms with Crippen LogP contribution in [-0.4, -0.2) is 30.1 Å². The normalized spacial score (nSPS) is 10.5. The van der Waals surface area contributed by atoms with Crippen LogP contribution in [0.15, 0.2) is 36.7 Å². The molecule has 0 aliphatic heterocycles. The zero-order valence-corrected chi connectivity index (χ0v) is 11.3. The lowest BCUT2D eigenvalue weighted by Gasteiger charge is -2.09. The number of nitrogens with zero attached hydrogens (tertiary/aromatic N) is 4. The molecule has 8 heteroatoms. The van der Waals surface area contributed by atoms with Crippen LogP contribution in [-0.2, 0) is 0 Å². The zero-order chi connectivity index (χ0) is 15.7. The van der Waals surface area contributed by atoms with Gasteiger partial charge in [0.25, 0.3) is 0 Å². The molecule has 0 amide bonds. The largest absolute Gasteiger partial charge is 0.506 e. The summed E-state index contributed by atoms with van der Waals surface area (Å²) in [4.78, 5) is 15.9. The van der Waals surface area contributed by atoms with Crippen LogP contribution in [0, 0.1) is 0 Å². The Morgan fingerprint density at radius 1 is 0.818 bits per heavy atom. The molecule has 0 unspecified atom stereocenters. The smallest absolute Gasteiger partial charge is 0.220 e. The Hall–Kier alpha value is -3.42. The van der Waals surface area contributed by atoms with E-state index in [1.165, 1.54) is 18.5 Å². The van der Waals surface area contributed by atoms with E-state index in [2.05, 4.69) is 19.9 Å². The van der Waals surface area contributed by atoms with Gasteiger partial charge in [-0.25, -0.2) is 19.9 Å². The number of hydrogen-bond donors (Lipinski definition) is 4. The summed E-state index contributed by atoms with van der Waals surface area (Å²) in [5.74, 6) is -0.169. The molecule has 3 heterocycles. The molecule has 6 N–H and O–H groups in total. The molecular formula is C14H12N6O2. The fraction of sp³-hybridized carbons (Fsp3) is 0. The van der Waals surface area contributed by atoms with Gasteiger partial charge in [-0.3, -0.25) is 0 Å². The Kier molecular flexibility index (Phi) is 3.18. The number of nitrogens with two attached hydrogens (primary N) is 2. The molecule has 8 nitrogen and oxygen atoms in total. The summed E-state index contributed by atoms with van der Waals surface area (Å²) >= 11 is 0. The second-order valence-corrected chi connectivity index (χ2v) is 4.46. The van der Waals surface area contributed by atoms with Crippen molar-refractivity contribution < 1.29 is 10.2 Å². The lowest BCUT2D eigenvalue weighted by molar-refractivity contribution is 0.473. The van der Waals surface area contributed by atoms with Crippen molar-refractivity contribution in [1.82, 2.24) is 19.9 Å². The molecule has 0 aromatic carbocycles. The summed E-state index contributed by atoms with van der Waals surface area (Å²) in [5.41, 5.74) is 12.5. The summed E-state index contributed by atoms with van der Waals surface area (Å²) in [5, 5.41) is 20.0. The van der Waals surface area contributed by atoms with Crippen molar-refractivity contribution in [3.63, 3.8) is 0 Å². The molecule has 3 aromatic rings. The number of aromatic hydroxyl groups is 2. The van der Waals surface area contributed by atoms with Gasteiger partial charge in [0.15, 0.2) is 11.6 Å². The van der Waals surface area contributed by atoms with E-state index in [1.54, 1.807) is 18.2 Å². The third kappa shape index (κ3) is 2.33. The van der Waals surface area contributed by atoms with E-state index in [9.17, 15) is 10.2 Å². The van der Waals surface area contributed by atoms with Crippen LogP contribution in [0.4, 0.5) is 11.8 Å². The van der Waals surface area contributed by atoms with Crippen LogP contribution in [0.25, 0.3) is 22.6 Å². The SMILES string of the molecule is Nc1nccc(-c2nc(-c3ccnc(N)c3O)ccc2O)n1. The number of rotatable bonds is 2. The second-order valence-electron chi connectivity index (χ2n) is 4.46. The maximum atomic E-state index is 9.99. The maximum Gasteiger partial charge on any atom is 0.220 e. The third-order valence-corrected chi connectivity index (χ3v) is 3.02. The van der Waals surface area contributed by atoms with Gasteiger partial charge in [-0.15, -0.1) is 0 Å². The van der Waals surface area contributed by atoms with Crippen molar-refractivity contribution in [1.29, 1.82) is 0 Å². The molecule has 22 heavy (non-hydrogen) atoms. The first-order valence-electron chi connectivity index (χ1n) is 6.29. The summed E-state index contributed by atoms with van der Waals surface area (Å²) < 4.78 is 0. The predicted molar refractivity (Wildman–Crippen MR) is 80.6 cm³/mol. The van der Waals surface area contributed by atoms with Crippen molar-refractivity contribution in [3.05, 3.63) is 36.7 Å². The number of anilines is 2. The quantitative estimate of drug-likeness (QED) is 0.551. The molecule has 0 bridgehead atoms. The van der Waals surface area contributed by atoms with E-state index < -0.39 is 0 Å². The molecule has 110 valence electrons. The summed E-state index contributed by atoms with van der Waals surface area (Å²) in [6.07, 6.45) is 2.93. The fourth-order valence-electron chi connectivity index (χ4n) is 1.97. The number of hydrogen-bond acceptors (Lipinski definition) is 8. The average molecular weight is 296 g/mol. The molecule has 0 radical (unpaired) electrons. The van der Waals surface area contributed by atoms with E-state index in [0.717, 1.165) is 0 Å². The number of aromatic nitrogens is 4. The highest BCUT2D eigenvalue weighted by Gasteiger charge is 2.14. The zero-order valence-electron chi connectivity index (χ0n) is 11.3. The Balaban J connectivity index is 2.17. The van der Waals surface area contributed by atoms with Crippen LogP contribution >= 0.6 is 0 Å². The molecular weight excluding hydrogens is 284 g/mol. The standard InChI is InChI=1S/C14H12N6O2/c15-13-12(22)7(3-5-17-13)8-1-2-10(21)11(19-8)9-4-6-18-14(16)20-9/h1-6,21-22H,(H2,15,17)(H2,16,18,20). The van der Waals surface area contributed by atoms with Crippen LogP contribution < -0.4 is 11.5 Å². The first kappa shape index (κ1) is 13.6. The lowest BCUT2D eigenvalue weighted by Crippen LogP contribution is -1.98. The summed E-state index contributed by atoms with van der Waals surface area (Å²) in [6.45, 7) is 0. The van der Waals surface area contributed by atoms with Gasteiger partial charge in [0.2, 0.25) is 5.95 Å². The minimum atomic E-state index is -0.172. The molecule has 3 aromatic heterocycles. The van der Waals surface area contributed by atoms with Gasteiger partial charge in [0.1, 0.15) is 11.4 Å². The van der Waals surface area contributed by atoms with Gasteiger partial charge in [-0.05, 0) is 24.3 Å². The van der Waals surface area contributed by atoms with Crippen molar-refractivity contribution >= 4 is 11.8 Å². The van der Waals surface area contributed by atoms with Gasteiger partial charge < -0.3 is 21.7 Å². The van der Waals surface area contributed by atoms with Gasteiger partial charge in [-0.2, -0.15) is 0 Å². The summed E-state index contributed by atoms with van der Waals surface area (Å²) in [7, 11) is 0.